The van der Waals surface area contributed by atoms with Crippen molar-refractivity contribution < 1.29 is 31.1 Å². The van der Waals surface area contributed by atoms with Gasteiger partial charge in [-0.05, 0) is 24.3 Å². The molecule has 0 radical (unpaired) electrons. The van der Waals surface area contributed by atoms with Gasteiger partial charge in [0.2, 0.25) is 0 Å². The molecule has 2 aromatic carbocycles. The van der Waals surface area contributed by atoms with Gasteiger partial charge in [0.25, 0.3) is 5.91 Å². The molecule has 5 rings (SSSR count). The lowest BCUT2D eigenvalue weighted by Gasteiger charge is -2.15. The lowest BCUT2D eigenvalue weighted by Crippen LogP contribution is -2.17. The van der Waals surface area contributed by atoms with Gasteiger partial charge in [-0.3, -0.25) is 4.79 Å². The van der Waals surface area contributed by atoms with Gasteiger partial charge in [-0.15, -0.1) is 22.7 Å². The Kier molecular flexibility index (Phi) is 6.00. The maximum Gasteiger partial charge on any atom is 0.416 e. The van der Waals surface area contributed by atoms with Crippen LogP contribution in [-0.4, -0.2) is 24.6 Å². The highest BCUT2D eigenvalue weighted by Crippen LogP contribution is 2.42. The summed E-state index contributed by atoms with van der Waals surface area (Å²) in [6.45, 7) is 0. The molecule has 184 valence electrons. The van der Waals surface area contributed by atoms with Crippen molar-refractivity contribution in [3.63, 3.8) is 0 Å². The summed E-state index contributed by atoms with van der Waals surface area (Å²) in [6.07, 6.45) is -7.12. The maximum atomic E-state index is 13.3. The van der Waals surface area contributed by atoms with Crippen molar-refractivity contribution in [1.29, 1.82) is 0 Å². The third-order valence-corrected chi connectivity index (χ3v) is 7.07. The monoisotopic (exact) mass is 557 g/mol. The number of anilines is 1. The first-order valence-corrected chi connectivity index (χ1v) is 12.2. The second kappa shape index (κ2) is 8.90. The molecule has 5 aromatic rings. The van der Waals surface area contributed by atoms with Gasteiger partial charge in [0, 0.05) is 34.3 Å². The molecule has 0 aliphatic heterocycles. The average molecular weight is 558 g/mol. The van der Waals surface area contributed by atoms with Crippen molar-refractivity contribution in [2.75, 3.05) is 5.32 Å². The van der Waals surface area contributed by atoms with Gasteiger partial charge in [-0.1, -0.05) is 0 Å². The van der Waals surface area contributed by atoms with Crippen LogP contribution in [0.2, 0.25) is 0 Å². The van der Waals surface area contributed by atoms with Gasteiger partial charge in [-0.25, -0.2) is 9.97 Å². The molecule has 0 fully saturated rings. The molecule has 0 saturated carbocycles. The van der Waals surface area contributed by atoms with Crippen LogP contribution in [-0.2, 0) is 12.4 Å². The minimum absolute atomic E-state index is 0.0364. The van der Waals surface area contributed by atoms with E-state index in [9.17, 15) is 31.1 Å². The van der Waals surface area contributed by atoms with E-state index in [2.05, 4.69) is 24.0 Å². The molecule has 0 aliphatic carbocycles. The highest BCUT2D eigenvalue weighted by Gasteiger charge is 2.37. The number of halogens is 6. The van der Waals surface area contributed by atoms with Crippen molar-refractivity contribution in [2.45, 2.75) is 12.4 Å². The van der Waals surface area contributed by atoms with Crippen molar-refractivity contribution in [2.24, 2.45) is 0 Å². The second-order valence-corrected chi connectivity index (χ2v) is 9.55. The predicted octanol–water partition coefficient (Wildman–Crippen LogP) is 7.23. The van der Waals surface area contributed by atoms with Crippen LogP contribution in [0.5, 0.6) is 0 Å². The van der Waals surface area contributed by atoms with E-state index in [1.807, 2.05) is 0 Å². The standard InChI is InChI=1S/C21H9F6N5OS3/c22-20(23,24)10-5-9(6-11(7-10)21(25,26)27)17(33)30-13-8-12(18-28-1-3-34-18)15-16(32-36-31-15)14(13)19-29-2-4-35-19/h1-8H,(H,30,33). The quantitative estimate of drug-likeness (QED) is 0.236. The number of rotatable bonds is 4. The SMILES string of the molecule is O=C(Nc1cc(-c2nccs2)c2nsnc2c1-c1nccs1)c1cc(C(F)(F)F)cc(C(F)(F)F)c1. The van der Waals surface area contributed by atoms with Crippen molar-refractivity contribution in [3.05, 3.63) is 64.1 Å². The summed E-state index contributed by atoms with van der Waals surface area (Å²) in [5.74, 6) is -1.17. The number of benzene rings is 2. The van der Waals surface area contributed by atoms with Crippen LogP contribution in [0.15, 0.2) is 47.4 Å². The molecule has 15 heteroatoms. The van der Waals surface area contributed by atoms with Crippen LogP contribution < -0.4 is 5.32 Å². The van der Waals surface area contributed by atoms with E-state index in [1.165, 1.54) is 34.9 Å². The molecule has 0 spiro atoms. The first kappa shape index (κ1) is 24.3. The van der Waals surface area contributed by atoms with E-state index in [4.69, 9.17) is 0 Å². The van der Waals surface area contributed by atoms with Crippen LogP contribution in [0.3, 0.4) is 0 Å². The average Bonchev–Trinajstić information content (AvgIpc) is 3.60. The number of thiazole rings is 2. The van der Waals surface area contributed by atoms with E-state index >= 15 is 0 Å². The summed E-state index contributed by atoms with van der Waals surface area (Å²) in [6, 6.07) is 2.22. The molecule has 3 heterocycles. The van der Waals surface area contributed by atoms with Gasteiger partial charge in [0.15, 0.2) is 0 Å². The molecule has 0 bridgehead atoms. The van der Waals surface area contributed by atoms with Crippen LogP contribution in [0.25, 0.3) is 32.2 Å². The summed E-state index contributed by atoms with van der Waals surface area (Å²) in [5, 5.41) is 6.81. The Morgan fingerprint density at radius 1 is 0.778 bits per heavy atom. The molecule has 36 heavy (non-hydrogen) atoms. The summed E-state index contributed by atoms with van der Waals surface area (Å²) >= 11 is 3.39. The third-order valence-electron chi connectivity index (χ3n) is 4.95. The second-order valence-electron chi connectivity index (χ2n) is 7.23. The number of carbonyl (C=O) groups excluding carboxylic acids is 1. The number of carbonyl (C=O) groups is 1. The number of amides is 1. The van der Waals surface area contributed by atoms with Crippen LogP contribution in [0, 0.1) is 0 Å². The lowest BCUT2D eigenvalue weighted by molar-refractivity contribution is -0.143. The van der Waals surface area contributed by atoms with E-state index in [1.54, 1.807) is 17.0 Å². The van der Waals surface area contributed by atoms with Crippen molar-refractivity contribution >= 4 is 57.0 Å². The first-order chi connectivity index (χ1) is 17.0. The van der Waals surface area contributed by atoms with Gasteiger partial charge >= 0.3 is 12.4 Å². The summed E-state index contributed by atoms with van der Waals surface area (Å²) < 4.78 is 88.4. The molecule has 0 saturated heterocycles. The van der Waals surface area contributed by atoms with Gasteiger partial charge in [0.05, 0.1) is 34.1 Å². The molecule has 0 unspecified atom stereocenters. The first-order valence-electron chi connectivity index (χ1n) is 9.72. The molecular weight excluding hydrogens is 548 g/mol. The van der Waals surface area contributed by atoms with Gasteiger partial charge < -0.3 is 5.32 Å². The van der Waals surface area contributed by atoms with Crippen molar-refractivity contribution in [1.82, 2.24) is 18.7 Å². The highest BCUT2D eigenvalue weighted by molar-refractivity contribution is 7.13. The zero-order chi connectivity index (χ0) is 25.7. The zero-order valence-corrected chi connectivity index (χ0v) is 19.8. The summed E-state index contributed by atoms with van der Waals surface area (Å²) in [5.41, 5.74) is -2.25. The summed E-state index contributed by atoms with van der Waals surface area (Å²) in [7, 11) is 0. The van der Waals surface area contributed by atoms with E-state index in [-0.39, 0.29) is 11.8 Å². The molecule has 1 N–H and O–H groups in total. The molecule has 0 atom stereocenters. The minimum Gasteiger partial charge on any atom is -0.321 e. The number of nitrogens with zero attached hydrogens (tertiary/aromatic N) is 4. The molecule has 3 aromatic heterocycles. The number of aromatic nitrogens is 4. The number of nitrogens with one attached hydrogen (secondary N) is 1. The number of fused-ring (bicyclic) bond motifs is 1. The van der Waals surface area contributed by atoms with E-state index < -0.39 is 35.0 Å². The fourth-order valence-corrected chi connectivity index (χ4v) is 5.32. The smallest absolute Gasteiger partial charge is 0.321 e. The lowest BCUT2D eigenvalue weighted by atomic mass is 10.0. The van der Waals surface area contributed by atoms with Gasteiger partial charge in [-0.2, -0.15) is 35.1 Å². The largest absolute Gasteiger partial charge is 0.416 e. The number of hydrogen-bond donors (Lipinski definition) is 1. The minimum atomic E-state index is -5.09. The van der Waals surface area contributed by atoms with Crippen LogP contribution in [0.4, 0.5) is 32.0 Å². The molecule has 0 aliphatic rings. The molecule has 6 nitrogen and oxygen atoms in total. The number of alkyl halides is 6. The maximum absolute atomic E-state index is 13.3. The normalized spacial score (nSPS) is 12.3. The third kappa shape index (κ3) is 4.56. The van der Waals surface area contributed by atoms with Crippen molar-refractivity contribution in [3.8, 4) is 21.1 Å². The zero-order valence-electron chi connectivity index (χ0n) is 17.3. The Morgan fingerprint density at radius 2 is 1.36 bits per heavy atom. The van der Waals surface area contributed by atoms with E-state index in [0.29, 0.717) is 44.3 Å². The Morgan fingerprint density at radius 3 is 1.92 bits per heavy atom. The highest BCUT2D eigenvalue weighted by atomic mass is 32.1. The van der Waals surface area contributed by atoms with Crippen LogP contribution in [0.1, 0.15) is 21.5 Å². The van der Waals surface area contributed by atoms with E-state index in [0.717, 1.165) is 11.7 Å². The Bertz CT molecular complexity index is 1530. The Hall–Kier alpha value is -3.43. The fraction of sp³-hybridized carbons (Fsp3) is 0.0952. The topological polar surface area (TPSA) is 80.7 Å². The summed E-state index contributed by atoms with van der Waals surface area (Å²) in [4.78, 5) is 21.5. The molecule has 1 amide bonds. The Balaban J connectivity index is 1.67. The van der Waals surface area contributed by atoms with Crippen LogP contribution >= 0.6 is 34.4 Å². The fourth-order valence-electron chi connectivity index (χ4n) is 3.40. The molecular formula is C21H9F6N5OS3. The number of hydrogen-bond acceptors (Lipinski definition) is 8. The Labute approximate surface area is 209 Å². The predicted molar refractivity (Wildman–Crippen MR) is 124 cm³/mol. The van der Waals surface area contributed by atoms with Gasteiger partial charge in [0.1, 0.15) is 21.0 Å².